The van der Waals surface area contributed by atoms with Crippen molar-refractivity contribution < 1.29 is 28.7 Å². The number of nitrogens with one attached hydrogen (secondary N) is 1. The third-order valence-electron chi connectivity index (χ3n) is 6.38. The Morgan fingerprint density at radius 2 is 1.79 bits per heavy atom. The Kier molecular flexibility index (Phi) is 9.13. The summed E-state index contributed by atoms with van der Waals surface area (Å²) in [5.74, 6) is 0.657. The van der Waals surface area contributed by atoms with E-state index >= 15 is 0 Å². The molecule has 1 heterocycles. The summed E-state index contributed by atoms with van der Waals surface area (Å²) < 4.78 is 21.3. The highest BCUT2D eigenvalue weighted by Gasteiger charge is 2.30. The molecule has 206 valence electrons. The van der Waals surface area contributed by atoms with Gasteiger partial charge in [0.1, 0.15) is 11.5 Å². The summed E-state index contributed by atoms with van der Waals surface area (Å²) in [6.45, 7) is 5.80. The molecule has 0 unspecified atom stereocenters. The molecule has 1 saturated carbocycles. The lowest BCUT2D eigenvalue weighted by Crippen LogP contribution is -2.31. The van der Waals surface area contributed by atoms with Gasteiger partial charge in [0, 0.05) is 24.2 Å². The minimum Gasteiger partial charge on any atom is -0.490 e. The zero-order valence-electron chi connectivity index (χ0n) is 22.0. The number of aryl methyl sites for hydroxylation is 1. The van der Waals surface area contributed by atoms with Crippen molar-refractivity contribution in [1.29, 1.82) is 0 Å². The Morgan fingerprint density at radius 1 is 1.10 bits per heavy atom. The van der Waals surface area contributed by atoms with Crippen LogP contribution < -0.4 is 14.8 Å². The quantitative estimate of drug-likeness (QED) is 0.188. The number of carbonyl (C=O) groups is 2. The lowest BCUT2D eigenvalue weighted by atomic mass is 9.87. The minimum atomic E-state index is -0.674. The zero-order chi connectivity index (χ0) is 27.9. The maximum atomic E-state index is 12.3. The van der Waals surface area contributed by atoms with Gasteiger partial charge in [-0.15, -0.1) is 0 Å². The van der Waals surface area contributed by atoms with E-state index in [0.29, 0.717) is 6.42 Å². The molecular formula is C28H31N3O7S. The van der Waals surface area contributed by atoms with E-state index in [1.807, 2.05) is 45.0 Å². The lowest BCUT2D eigenvalue weighted by molar-refractivity contribution is -0.384. The fourth-order valence-electron chi connectivity index (χ4n) is 4.44. The smallest absolute Gasteiger partial charge is 0.412 e. The lowest BCUT2D eigenvalue weighted by Gasteiger charge is -2.29. The first-order valence-electron chi connectivity index (χ1n) is 12.8. The molecule has 0 saturated heterocycles. The van der Waals surface area contributed by atoms with Gasteiger partial charge in [-0.3, -0.25) is 14.9 Å². The van der Waals surface area contributed by atoms with Crippen molar-refractivity contribution in [3.63, 3.8) is 0 Å². The number of nitro groups is 1. The molecule has 11 heteroatoms. The van der Waals surface area contributed by atoms with Crippen molar-refractivity contribution in [2.75, 3.05) is 0 Å². The van der Waals surface area contributed by atoms with Gasteiger partial charge in [0.2, 0.25) is 0 Å². The molecule has 10 nitrogen and oxygen atoms in total. The van der Waals surface area contributed by atoms with Crippen LogP contribution in [0, 0.1) is 23.0 Å². The van der Waals surface area contributed by atoms with Crippen molar-refractivity contribution >= 4 is 29.3 Å². The third-order valence-corrected chi connectivity index (χ3v) is 7.41. The normalized spacial score (nSPS) is 16.9. The van der Waals surface area contributed by atoms with Crippen molar-refractivity contribution in [2.45, 2.75) is 65.2 Å². The van der Waals surface area contributed by atoms with Crippen LogP contribution in [0.5, 0.6) is 11.5 Å². The number of non-ortho nitro benzene ring substituents is 1. The van der Waals surface area contributed by atoms with E-state index in [-0.39, 0.29) is 42.1 Å². The number of esters is 1. The summed E-state index contributed by atoms with van der Waals surface area (Å²) in [6.07, 6.45) is 2.45. The van der Waals surface area contributed by atoms with Gasteiger partial charge >= 0.3 is 12.1 Å². The van der Waals surface area contributed by atoms with E-state index in [1.165, 1.54) is 35.8 Å². The first-order chi connectivity index (χ1) is 18.7. The van der Waals surface area contributed by atoms with Gasteiger partial charge in [-0.25, -0.2) is 4.79 Å². The van der Waals surface area contributed by atoms with Gasteiger partial charge in [0.15, 0.2) is 0 Å². The number of carbonyl (C=O) groups excluding carboxylic acids is 2. The number of ether oxygens (including phenoxy) is 3. The molecule has 2 aromatic carbocycles. The fraction of sp³-hybridized carbons (Fsp3) is 0.393. The van der Waals surface area contributed by atoms with Crippen LogP contribution in [0.15, 0.2) is 48.5 Å². The highest BCUT2D eigenvalue weighted by molar-refractivity contribution is 7.09. The number of aromatic nitrogens is 1. The average molecular weight is 554 g/mol. The monoisotopic (exact) mass is 553 g/mol. The van der Waals surface area contributed by atoms with Crippen LogP contribution in [0.25, 0.3) is 10.4 Å². The van der Waals surface area contributed by atoms with E-state index in [9.17, 15) is 19.7 Å². The molecule has 39 heavy (non-hydrogen) atoms. The zero-order valence-corrected chi connectivity index (χ0v) is 22.9. The van der Waals surface area contributed by atoms with E-state index in [0.717, 1.165) is 46.7 Å². The van der Waals surface area contributed by atoms with Crippen LogP contribution in [0.2, 0.25) is 0 Å². The van der Waals surface area contributed by atoms with Gasteiger partial charge in [-0.1, -0.05) is 0 Å². The summed E-state index contributed by atoms with van der Waals surface area (Å²) in [6, 6.07) is 13.0. The molecule has 1 fully saturated rings. The first-order valence-corrected chi connectivity index (χ1v) is 13.6. The molecule has 1 aliphatic carbocycles. The Hall–Kier alpha value is -3.99. The van der Waals surface area contributed by atoms with Crippen LogP contribution in [-0.4, -0.2) is 33.6 Å². The fourth-order valence-corrected chi connectivity index (χ4v) is 5.35. The Bertz CT molecular complexity index is 1310. The number of rotatable bonds is 9. The molecule has 2 atom stereocenters. The maximum absolute atomic E-state index is 12.3. The van der Waals surface area contributed by atoms with Crippen molar-refractivity contribution in [1.82, 2.24) is 9.69 Å². The number of hydrogen-bond acceptors (Lipinski definition) is 9. The molecule has 3 aromatic rings. The maximum Gasteiger partial charge on any atom is 0.412 e. The second-order valence-corrected chi connectivity index (χ2v) is 10.5. The summed E-state index contributed by atoms with van der Waals surface area (Å²) in [5.41, 5.74) is 2.52. The largest absolute Gasteiger partial charge is 0.490 e. The Morgan fingerprint density at radius 3 is 2.46 bits per heavy atom. The van der Waals surface area contributed by atoms with E-state index in [2.05, 4.69) is 9.69 Å². The van der Waals surface area contributed by atoms with Gasteiger partial charge in [-0.2, -0.15) is 4.37 Å². The van der Waals surface area contributed by atoms with Crippen LogP contribution in [0.4, 0.5) is 10.5 Å². The predicted octanol–water partition coefficient (Wildman–Crippen LogP) is 6.20. The predicted molar refractivity (Wildman–Crippen MR) is 146 cm³/mol. The number of amides is 1. The molecular weight excluding hydrogens is 522 g/mol. The van der Waals surface area contributed by atoms with Gasteiger partial charge in [-0.05, 0) is 99.9 Å². The highest BCUT2D eigenvalue weighted by Crippen LogP contribution is 2.33. The minimum absolute atomic E-state index is 0.0403. The second kappa shape index (κ2) is 12.7. The third kappa shape index (κ3) is 7.53. The topological polar surface area (TPSA) is 130 Å². The number of nitro benzene ring substituents is 1. The van der Waals surface area contributed by atoms with E-state index < -0.39 is 11.0 Å². The average Bonchev–Trinajstić information content (AvgIpc) is 3.28. The summed E-state index contributed by atoms with van der Waals surface area (Å²) in [5, 5.41) is 13.5. The Balaban J connectivity index is 1.34. The SMILES string of the molecule is Cc1nsc(-c2ccc(O[C@H]3CCC[C@H](C(=O)OC(C)C)C3)cc2)c1CNC(=O)Oc1ccc([N+](=O)[O-])cc1. The van der Waals surface area contributed by atoms with Crippen LogP contribution in [0.3, 0.4) is 0 Å². The van der Waals surface area contributed by atoms with Crippen molar-refractivity contribution in [3.05, 3.63) is 69.9 Å². The van der Waals surface area contributed by atoms with Crippen LogP contribution >= 0.6 is 11.5 Å². The molecule has 0 spiro atoms. The van der Waals surface area contributed by atoms with Crippen LogP contribution in [0.1, 0.15) is 50.8 Å². The molecule has 0 bridgehead atoms. The van der Waals surface area contributed by atoms with E-state index in [1.54, 1.807) is 0 Å². The van der Waals surface area contributed by atoms with Gasteiger partial charge in [0.05, 0.1) is 33.6 Å². The Labute approximate surface area is 230 Å². The standard InChI is InChI=1S/C28H31N3O7S/c1-17(2)36-27(32)20-5-4-6-24(15-20)37-22-11-7-19(8-12-22)26-25(18(3)30-39-26)16-29-28(33)38-23-13-9-21(10-14-23)31(34)35/h7-14,17,20,24H,4-6,15-16H2,1-3H3,(H,29,33)/t20-,24-/m0/s1. The summed E-state index contributed by atoms with van der Waals surface area (Å²) in [4.78, 5) is 35.8. The molecule has 1 aromatic heterocycles. The summed E-state index contributed by atoms with van der Waals surface area (Å²) in [7, 11) is 0. The number of benzene rings is 2. The molecule has 1 aliphatic rings. The van der Waals surface area contributed by atoms with Crippen molar-refractivity contribution in [3.8, 4) is 21.9 Å². The number of nitrogens with zero attached hydrogens (tertiary/aromatic N) is 2. The first kappa shape index (κ1) is 28.0. The molecule has 4 rings (SSSR count). The highest BCUT2D eigenvalue weighted by atomic mass is 32.1. The van der Waals surface area contributed by atoms with Gasteiger partial charge in [0.25, 0.3) is 5.69 Å². The second-order valence-electron chi connectivity index (χ2n) is 9.68. The molecule has 1 amide bonds. The van der Waals surface area contributed by atoms with Crippen LogP contribution in [-0.2, 0) is 16.1 Å². The number of hydrogen-bond donors (Lipinski definition) is 1. The molecule has 0 aliphatic heterocycles. The molecule has 0 radical (unpaired) electrons. The van der Waals surface area contributed by atoms with Crippen molar-refractivity contribution in [2.24, 2.45) is 5.92 Å². The van der Waals surface area contributed by atoms with E-state index in [4.69, 9.17) is 14.2 Å². The van der Waals surface area contributed by atoms with Gasteiger partial charge < -0.3 is 19.5 Å². The molecule has 1 N–H and O–H groups in total. The summed E-state index contributed by atoms with van der Waals surface area (Å²) >= 11 is 1.34.